The smallest absolute Gasteiger partial charge is 0.253 e. The molecule has 1 N–H and O–H groups in total. The minimum absolute atomic E-state index is 0.173. The highest BCUT2D eigenvalue weighted by molar-refractivity contribution is 5.94. The average Bonchev–Trinajstić information content (AvgIpc) is 2.92. The first-order valence-corrected chi connectivity index (χ1v) is 7.21. The van der Waals surface area contributed by atoms with Crippen LogP contribution in [0.4, 0.5) is 5.69 Å². The Kier molecular flexibility index (Phi) is 4.13. The number of nitrogens with zero attached hydrogens (tertiary/aromatic N) is 1. The van der Waals surface area contributed by atoms with Crippen molar-refractivity contribution in [1.82, 2.24) is 4.90 Å². The first kappa shape index (κ1) is 13.9. The van der Waals surface area contributed by atoms with Crippen molar-refractivity contribution in [2.24, 2.45) is 5.41 Å². The number of anilines is 1. The molecular formula is C16H24N2O. The average molecular weight is 260 g/mol. The van der Waals surface area contributed by atoms with Crippen LogP contribution in [0, 0.1) is 5.41 Å². The lowest BCUT2D eigenvalue weighted by Crippen LogP contribution is -2.31. The van der Waals surface area contributed by atoms with Crippen molar-refractivity contribution in [3.05, 3.63) is 29.8 Å². The van der Waals surface area contributed by atoms with Gasteiger partial charge in [0.05, 0.1) is 0 Å². The van der Waals surface area contributed by atoms with Crippen molar-refractivity contribution in [2.45, 2.75) is 33.1 Å². The van der Waals surface area contributed by atoms with E-state index in [9.17, 15) is 4.79 Å². The van der Waals surface area contributed by atoms with Crippen molar-refractivity contribution >= 4 is 11.6 Å². The highest BCUT2D eigenvalue weighted by atomic mass is 16.2. The van der Waals surface area contributed by atoms with E-state index in [0.717, 1.165) is 43.6 Å². The van der Waals surface area contributed by atoms with Gasteiger partial charge in [0.1, 0.15) is 0 Å². The van der Waals surface area contributed by atoms with Gasteiger partial charge < -0.3 is 10.2 Å². The minimum atomic E-state index is 0.173. The molecule has 1 fully saturated rings. The molecule has 0 aliphatic carbocycles. The highest BCUT2D eigenvalue weighted by Crippen LogP contribution is 2.37. The third kappa shape index (κ3) is 2.75. The lowest BCUT2D eigenvalue weighted by Gasteiger charge is -2.26. The Morgan fingerprint density at radius 2 is 1.89 bits per heavy atom. The molecule has 1 aromatic carbocycles. The summed E-state index contributed by atoms with van der Waals surface area (Å²) in [7, 11) is 1.88. The summed E-state index contributed by atoms with van der Waals surface area (Å²) in [6.45, 7) is 6.28. The van der Waals surface area contributed by atoms with E-state index in [4.69, 9.17) is 0 Å². The fraction of sp³-hybridized carbons (Fsp3) is 0.562. The van der Waals surface area contributed by atoms with E-state index in [1.54, 1.807) is 0 Å². The molecule has 1 aliphatic heterocycles. The Balaban J connectivity index is 2.08. The van der Waals surface area contributed by atoms with Gasteiger partial charge in [0.15, 0.2) is 0 Å². The van der Waals surface area contributed by atoms with Gasteiger partial charge in [-0.2, -0.15) is 0 Å². The van der Waals surface area contributed by atoms with Crippen LogP contribution in [0.3, 0.4) is 0 Å². The van der Waals surface area contributed by atoms with Gasteiger partial charge in [-0.15, -0.1) is 0 Å². The number of carbonyl (C=O) groups is 1. The molecule has 0 atom stereocenters. The first-order valence-electron chi connectivity index (χ1n) is 7.21. The molecule has 0 aromatic heterocycles. The molecule has 104 valence electrons. The number of likely N-dealkylation sites (tertiary alicyclic amines) is 1. The quantitative estimate of drug-likeness (QED) is 0.900. The van der Waals surface area contributed by atoms with Crippen LogP contribution in [0.5, 0.6) is 0 Å². The number of hydrogen-bond acceptors (Lipinski definition) is 2. The Hall–Kier alpha value is -1.51. The molecular weight excluding hydrogens is 236 g/mol. The topological polar surface area (TPSA) is 32.3 Å². The first-order chi connectivity index (χ1) is 9.14. The third-order valence-corrected chi connectivity index (χ3v) is 4.65. The maximum Gasteiger partial charge on any atom is 0.253 e. The van der Waals surface area contributed by atoms with Crippen molar-refractivity contribution in [3.63, 3.8) is 0 Å². The van der Waals surface area contributed by atoms with E-state index in [1.807, 2.05) is 36.2 Å². The third-order valence-electron chi connectivity index (χ3n) is 4.65. The number of amides is 1. The standard InChI is InChI=1S/C16H24N2O/c1-4-16(5-2)10-11-18(12-16)15(19)13-6-8-14(17-3)9-7-13/h6-9,17H,4-5,10-12H2,1-3H3. The molecule has 0 saturated carbocycles. The van der Waals surface area contributed by atoms with Crippen LogP contribution in [0.15, 0.2) is 24.3 Å². The second kappa shape index (κ2) is 5.64. The molecule has 3 heteroatoms. The molecule has 0 bridgehead atoms. The number of nitrogens with one attached hydrogen (secondary N) is 1. The SMILES string of the molecule is CCC1(CC)CCN(C(=O)c2ccc(NC)cc2)C1. The summed E-state index contributed by atoms with van der Waals surface area (Å²) in [5.74, 6) is 0.173. The molecule has 1 heterocycles. The second-order valence-corrected chi connectivity index (χ2v) is 5.51. The number of hydrogen-bond donors (Lipinski definition) is 1. The summed E-state index contributed by atoms with van der Waals surface area (Å²) in [6.07, 6.45) is 3.46. The molecule has 2 rings (SSSR count). The van der Waals surface area contributed by atoms with Gasteiger partial charge >= 0.3 is 0 Å². The van der Waals surface area contributed by atoms with Gasteiger partial charge in [-0.25, -0.2) is 0 Å². The maximum absolute atomic E-state index is 12.5. The fourth-order valence-electron chi connectivity index (χ4n) is 2.90. The Morgan fingerprint density at radius 3 is 2.37 bits per heavy atom. The number of rotatable bonds is 4. The zero-order valence-corrected chi connectivity index (χ0v) is 12.2. The van der Waals surface area contributed by atoms with Crippen LogP contribution < -0.4 is 5.32 Å². The summed E-state index contributed by atoms with van der Waals surface area (Å²) in [4.78, 5) is 14.5. The van der Waals surface area contributed by atoms with Crippen LogP contribution in [0.1, 0.15) is 43.5 Å². The van der Waals surface area contributed by atoms with E-state index < -0.39 is 0 Å². The normalized spacial score (nSPS) is 17.5. The highest BCUT2D eigenvalue weighted by Gasteiger charge is 2.37. The number of benzene rings is 1. The van der Waals surface area contributed by atoms with Gasteiger partial charge in [-0.05, 0) is 48.9 Å². The van der Waals surface area contributed by atoms with E-state index in [1.165, 1.54) is 0 Å². The molecule has 1 aliphatic rings. The zero-order valence-electron chi connectivity index (χ0n) is 12.2. The maximum atomic E-state index is 12.5. The van der Waals surface area contributed by atoms with Crippen molar-refractivity contribution < 1.29 is 4.79 Å². The Labute approximate surface area is 116 Å². The van der Waals surface area contributed by atoms with Gasteiger partial charge in [0.25, 0.3) is 5.91 Å². The summed E-state index contributed by atoms with van der Waals surface area (Å²) in [5, 5.41) is 3.07. The van der Waals surface area contributed by atoms with E-state index >= 15 is 0 Å². The van der Waals surface area contributed by atoms with Crippen molar-refractivity contribution in [3.8, 4) is 0 Å². The lowest BCUT2D eigenvalue weighted by molar-refractivity contribution is 0.0770. The van der Waals surface area contributed by atoms with Gasteiger partial charge in [0.2, 0.25) is 0 Å². The lowest BCUT2D eigenvalue weighted by atomic mass is 9.82. The largest absolute Gasteiger partial charge is 0.388 e. The molecule has 0 unspecified atom stereocenters. The van der Waals surface area contributed by atoms with E-state index in [0.29, 0.717) is 5.41 Å². The fourth-order valence-corrected chi connectivity index (χ4v) is 2.90. The summed E-state index contributed by atoms with van der Waals surface area (Å²) >= 11 is 0. The second-order valence-electron chi connectivity index (χ2n) is 5.51. The predicted molar refractivity (Wildman–Crippen MR) is 79.5 cm³/mol. The molecule has 3 nitrogen and oxygen atoms in total. The molecule has 1 amide bonds. The van der Waals surface area contributed by atoms with Crippen LogP contribution >= 0.6 is 0 Å². The molecule has 0 spiro atoms. The van der Waals surface area contributed by atoms with Crippen LogP contribution in [-0.2, 0) is 0 Å². The molecule has 0 radical (unpaired) electrons. The van der Waals surface area contributed by atoms with Gasteiger partial charge in [-0.3, -0.25) is 4.79 Å². The van der Waals surface area contributed by atoms with Crippen molar-refractivity contribution in [2.75, 3.05) is 25.5 Å². The summed E-state index contributed by atoms with van der Waals surface area (Å²) in [5.41, 5.74) is 2.18. The Morgan fingerprint density at radius 1 is 1.26 bits per heavy atom. The van der Waals surface area contributed by atoms with Gasteiger partial charge in [0, 0.05) is 31.4 Å². The monoisotopic (exact) mass is 260 g/mol. The Bertz CT molecular complexity index is 435. The van der Waals surface area contributed by atoms with E-state index in [2.05, 4.69) is 19.2 Å². The van der Waals surface area contributed by atoms with Crippen LogP contribution in [-0.4, -0.2) is 30.9 Å². The summed E-state index contributed by atoms with van der Waals surface area (Å²) in [6, 6.07) is 7.73. The van der Waals surface area contributed by atoms with Crippen LogP contribution in [0.25, 0.3) is 0 Å². The van der Waals surface area contributed by atoms with Crippen LogP contribution in [0.2, 0.25) is 0 Å². The summed E-state index contributed by atoms with van der Waals surface area (Å²) < 4.78 is 0. The molecule has 19 heavy (non-hydrogen) atoms. The molecule has 1 aromatic rings. The van der Waals surface area contributed by atoms with E-state index in [-0.39, 0.29) is 5.91 Å². The minimum Gasteiger partial charge on any atom is -0.388 e. The van der Waals surface area contributed by atoms with Gasteiger partial charge in [-0.1, -0.05) is 13.8 Å². The predicted octanol–water partition coefficient (Wildman–Crippen LogP) is 3.38. The molecule has 1 saturated heterocycles. The number of carbonyl (C=O) groups excluding carboxylic acids is 1. The zero-order chi connectivity index (χ0) is 13.9. The van der Waals surface area contributed by atoms with Crippen molar-refractivity contribution in [1.29, 1.82) is 0 Å².